The van der Waals surface area contributed by atoms with E-state index < -0.39 is 52.6 Å². The van der Waals surface area contributed by atoms with Crippen LogP contribution in [-0.4, -0.2) is 11.8 Å². The van der Waals surface area contributed by atoms with Crippen LogP contribution in [0.25, 0.3) is 11.1 Å². The van der Waals surface area contributed by atoms with Gasteiger partial charge in [-0.05, 0) is 68.2 Å². The van der Waals surface area contributed by atoms with Crippen molar-refractivity contribution in [1.29, 1.82) is 0 Å². The van der Waals surface area contributed by atoms with E-state index in [0.717, 1.165) is 37.8 Å². The number of hydrogen-bond donors (Lipinski definition) is 0. The molecular formula is C28H27F7O. The molecule has 8 heteroatoms. The SMILES string of the molecule is CCCC1CCC(C2=C(F)[C@H](F)[C@](C)(F)C(F)=C2Oc2ccccc2-c2cc(F)c(F)c(F)c2)CC1. The lowest BCUT2D eigenvalue weighted by Gasteiger charge is -2.36. The van der Waals surface area contributed by atoms with Gasteiger partial charge in [0.15, 0.2) is 40.9 Å². The van der Waals surface area contributed by atoms with Gasteiger partial charge >= 0.3 is 0 Å². The number of halogens is 7. The second-order valence-corrected chi connectivity index (χ2v) is 9.70. The highest BCUT2D eigenvalue weighted by Crippen LogP contribution is 2.49. The molecule has 0 radical (unpaired) electrons. The predicted molar refractivity (Wildman–Crippen MR) is 123 cm³/mol. The molecule has 36 heavy (non-hydrogen) atoms. The Hall–Kier alpha value is -2.77. The van der Waals surface area contributed by atoms with Crippen molar-refractivity contribution in [3.8, 4) is 16.9 Å². The highest BCUT2D eigenvalue weighted by molar-refractivity contribution is 5.71. The van der Waals surface area contributed by atoms with E-state index in [0.29, 0.717) is 25.7 Å². The molecule has 0 heterocycles. The molecule has 2 aromatic carbocycles. The van der Waals surface area contributed by atoms with E-state index in [-0.39, 0.29) is 22.4 Å². The number of rotatable bonds is 6. The fourth-order valence-electron chi connectivity index (χ4n) is 5.18. The van der Waals surface area contributed by atoms with Crippen LogP contribution in [0.1, 0.15) is 52.4 Å². The number of hydrogen-bond acceptors (Lipinski definition) is 1. The van der Waals surface area contributed by atoms with Crippen molar-refractivity contribution < 1.29 is 35.5 Å². The topological polar surface area (TPSA) is 9.23 Å². The van der Waals surface area contributed by atoms with Gasteiger partial charge in [0.1, 0.15) is 11.6 Å². The summed E-state index contributed by atoms with van der Waals surface area (Å²) >= 11 is 0. The van der Waals surface area contributed by atoms with E-state index in [2.05, 4.69) is 6.92 Å². The molecular weight excluding hydrogens is 485 g/mol. The van der Waals surface area contributed by atoms with Crippen molar-refractivity contribution in [3.63, 3.8) is 0 Å². The van der Waals surface area contributed by atoms with Crippen molar-refractivity contribution in [2.24, 2.45) is 11.8 Å². The Morgan fingerprint density at radius 3 is 2.17 bits per heavy atom. The lowest BCUT2D eigenvalue weighted by molar-refractivity contribution is 0.0708. The van der Waals surface area contributed by atoms with E-state index in [4.69, 9.17) is 4.74 Å². The highest BCUT2D eigenvalue weighted by atomic mass is 19.2. The molecule has 194 valence electrons. The maximum Gasteiger partial charge on any atom is 0.200 e. The molecule has 0 amide bonds. The second kappa shape index (κ2) is 10.3. The van der Waals surface area contributed by atoms with Crippen molar-refractivity contribution in [1.82, 2.24) is 0 Å². The minimum Gasteiger partial charge on any atom is -0.453 e. The Labute approximate surface area is 205 Å². The molecule has 4 rings (SSSR count). The number of allylic oxidation sites excluding steroid dienone is 3. The van der Waals surface area contributed by atoms with E-state index in [1.165, 1.54) is 24.3 Å². The summed E-state index contributed by atoms with van der Waals surface area (Å²) in [6.07, 6.45) is 1.54. The minimum atomic E-state index is -3.30. The minimum absolute atomic E-state index is 0.0324. The predicted octanol–water partition coefficient (Wildman–Crippen LogP) is 9.24. The van der Waals surface area contributed by atoms with Crippen LogP contribution in [0.2, 0.25) is 0 Å². The van der Waals surface area contributed by atoms with E-state index in [1.807, 2.05) is 0 Å². The van der Waals surface area contributed by atoms with Crippen LogP contribution in [0.3, 0.4) is 0 Å². The molecule has 1 saturated carbocycles. The third-order valence-electron chi connectivity index (χ3n) is 7.17. The molecule has 2 atom stereocenters. The molecule has 0 spiro atoms. The standard InChI is InChI=1S/C28H27F7O/c1-3-6-15-9-11-16(12-10-15)22-24(32)26(33)28(2,35)27(34)25(22)36-21-8-5-4-7-18(21)17-13-19(29)23(31)20(30)14-17/h4-5,7-8,13-16,26H,3,6,9-12H2,1-2H3/t15?,16?,26-,28-/m0/s1. The average Bonchev–Trinajstić information content (AvgIpc) is 2.86. The third kappa shape index (κ3) is 4.78. The average molecular weight is 513 g/mol. The number of para-hydroxylation sites is 1. The van der Waals surface area contributed by atoms with Crippen LogP contribution < -0.4 is 4.74 Å². The van der Waals surface area contributed by atoms with Crippen molar-refractivity contribution in [3.05, 3.63) is 76.8 Å². The number of ether oxygens (including phenoxy) is 1. The molecule has 0 aliphatic heterocycles. The van der Waals surface area contributed by atoms with Gasteiger partial charge in [0, 0.05) is 11.1 Å². The summed E-state index contributed by atoms with van der Waals surface area (Å²) in [7, 11) is 0. The zero-order chi connectivity index (χ0) is 26.2. The fraction of sp³-hybridized carbons (Fsp3) is 0.429. The summed E-state index contributed by atoms with van der Waals surface area (Å²) in [5, 5.41) is 0. The lowest BCUT2D eigenvalue weighted by Crippen LogP contribution is -2.39. The van der Waals surface area contributed by atoms with Gasteiger partial charge in [-0.2, -0.15) is 0 Å². The molecule has 2 aliphatic rings. The molecule has 0 bridgehead atoms. The van der Waals surface area contributed by atoms with E-state index in [1.54, 1.807) is 0 Å². The molecule has 1 nitrogen and oxygen atoms in total. The van der Waals surface area contributed by atoms with Gasteiger partial charge in [-0.3, -0.25) is 0 Å². The first-order chi connectivity index (χ1) is 17.1. The Balaban J connectivity index is 1.76. The first-order valence-electron chi connectivity index (χ1n) is 12.1. The summed E-state index contributed by atoms with van der Waals surface area (Å²) in [4.78, 5) is 0. The van der Waals surface area contributed by atoms with Crippen LogP contribution in [-0.2, 0) is 0 Å². The summed E-state index contributed by atoms with van der Waals surface area (Å²) in [6, 6.07) is 7.13. The fourth-order valence-corrected chi connectivity index (χ4v) is 5.18. The zero-order valence-electron chi connectivity index (χ0n) is 20.0. The first-order valence-corrected chi connectivity index (χ1v) is 12.1. The maximum absolute atomic E-state index is 15.4. The molecule has 2 aliphatic carbocycles. The molecule has 0 unspecified atom stereocenters. The quantitative estimate of drug-likeness (QED) is 0.277. The van der Waals surface area contributed by atoms with Crippen LogP contribution in [0.4, 0.5) is 30.7 Å². The van der Waals surface area contributed by atoms with Gasteiger partial charge in [0.25, 0.3) is 0 Å². The van der Waals surface area contributed by atoms with Gasteiger partial charge in [0.05, 0.1) is 0 Å². The monoisotopic (exact) mass is 512 g/mol. The molecule has 0 N–H and O–H groups in total. The van der Waals surface area contributed by atoms with Gasteiger partial charge in [0.2, 0.25) is 0 Å². The van der Waals surface area contributed by atoms with Crippen LogP contribution in [0.5, 0.6) is 5.75 Å². The summed E-state index contributed by atoms with van der Waals surface area (Å²) in [6.45, 7) is 2.66. The maximum atomic E-state index is 15.4. The van der Waals surface area contributed by atoms with E-state index in [9.17, 15) is 17.6 Å². The number of benzene rings is 2. The zero-order valence-corrected chi connectivity index (χ0v) is 20.0. The highest BCUT2D eigenvalue weighted by Gasteiger charge is 2.52. The van der Waals surface area contributed by atoms with Crippen molar-refractivity contribution in [2.45, 2.75) is 64.2 Å². The molecule has 0 saturated heterocycles. The van der Waals surface area contributed by atoms with E-state index >= 15 is 13.2 Å². The first kappa shape index (κ1) is 26.3. The van der Waals surface area contributed by atoms with Crippen LogP contribution in [0.15, 0.2) is 59.4 Å². The Morgan fingerprint density at radius 1 is 0.944 bits per heavy atom. The Kier molecular flexibility index (Phi) is 7.53. The van der Waals surface area contributed by atoms with Crippen LogP contribution in [0, 0.1) is 29.3 Å². The molecule has 0 aromatic heterocycles. The van der Waals surface area contributed by atoms with Gasteiger partial charge in [-0.1, -0.05) is 38.0 Å². The van der Waals surface area contributed by atoms with Gasteiger partial charge in [-0.25, -0.2) is 30.7 Å². The smallest absolute Gasteiger partial charge is 0.200 e. The van der Waals surface area contributed by atoms with Gasteiger partial charge in [-0.15, -0.1) is 0 Å². The van der Waals surface area contributed by atoms with Crippen molar-refractivity contribution >= 4 is 0 Å². The molecule has 2 aromatic rings. The van der Waals surface area contributed by atoms with Crippen molar-refractivity contribution in [2.75, 3.05) is 0 Å². The third-order valence-corrected chi connectivity index (χ3v) is 7.17. The summed E-state index contributed by atoms with van der Waals surface area (Å²) in [5.74, 6) is -8.65. The second-order valence-electron chi connectivity index (χ2n) is 9.70. The number of alkyl halides is 2. The van der Waals surface area contributed by atoms with Gasteiger partial charge < -0.3 is 4.74 Å². The Bertz CT molecular complexity index is 1170. The summed E-state index contributed by atoms with van der Waals surface area (Å²) in [5.41, 5.74) is -3.75. The lowest BCUT2D eigenvalue weighted by atomic mass is 9.74. The summed E-state index contributed by atoms with van der Waals surface area (Å²) < 4.78 is 107. The Morgan fingerprint density at radius 2 is 1.56 bits per heavy atom. The normalized spacial score (nSPS) is 27.0. The van der Waals surface area contributed by atoms with Crippen LogP contribution >= 0.6 is 0 Å². The largest absolute Gasteiger partial charge is 0.453 e. The molecule has 1 fully saturated rings.